The molecule has 0 spiro atoms. The largest absolute Gasteiger partial charge is 0.382 e. The van der Waals surface area contributed by atoms with Crippen LogP contribution in [0.3, 0.4) is 0 Å². The van der Waals surface area contributed by atoms with E-state index in [4.69, 9.17) is 0 Å². The second-order valence-corrected chi connectivity index (χ2v) is 6.26. The van der Waals surface area contributed by atoms with E-state index in [0.717, 1.165) is 5.69 Å². The number of carbonyl (C=O) groups excluding carboxylic acids is 2. The molecule has 1 aromatic rings. The molecule has 2 amide bonds. The number of nitrogens with zero attached hydrogens (tertiary/aromatic N) is 1. The molecule has 21 heavy (non-hydrogen) atoms. The normalized spacial score (nSPS) is 20.6. The van der Waals surface area contributed by atoms with Crippen LogP contribution in [0.15, 0.2) is 18.2 Å². The van der Waals surface area contributed by atoms with Gasteiger partial charge >= 0.3 is 0 Å². The van der Waals surface area contributed by atoms with Crippen molar-refractivity contribution >= 4 is 17.5 Å². The predicted molar refractivity (Wildman–Crippen MR) is 82.5 cm³/mol. The van der Waals surface area contributed by atoms with E-state index in [9.17, 15) is 9.59 Å². The van der Waals surface area contributed by atoms with Gasteiger partial charge in [0.15, 0.2) is 0 Å². The zero-order valence-electron chi connectivity index (χ0n) is 12.7. The monoisotopic (exact) mass is 286 g/mol. The minimum atomic E-state index is -0.207. The number of hydrogen-bond donors (Lipinski definition) is 1. The van der Waals surface area contributed by atoms with Crippen LogP contribution in [0.2, 0.25) is 0 Å². The van der Waals surface area contributed by atoms with E-state index in [0.29, 0.717) is 23.1 Å². The Kier molecular flexibility index (Phi) is 3.70. The number of rotatable bonds is 3. The summed E-state index contributed by atoms with van der Waals surface area (Å²) in [6.45, 7) is 2.21. The Morgan fingerprint density at radius 2 is 1.76 bits per heavy atom. The number of nitrogens with one attached hydrogen (secondary N) is 1. The maximum atomic E-state index is 12.0. The molecule has 0 bridgehead atoms. The van der Waals surface area contributed by atoms with Gasteiger partial charge in [-0.25, -0.2) is 0 Å². The van der Waals surface area contributed by atoms with Crippen LogP contribution in [0.25, 0.3) is 0 Å². The Bertz CT molecular complexity index is 576. The van der Waals surface area contributed by atoms with Gasteiger partial charge in [-0.1, -0.05) is 19.3 Å². The van der Waals surface area contributed by atoms with Crippen molar-refractivity contribution in [1.29, 1.82) is 0 Å². The van der Waals surface area contributed by atoms with Crippen molar-refractivity contribution in [1.82, 2.24) is 4.90 Å². The van der Waals surface area contributed by atoms with Crippen LogP contribution in [-0.4, -0.2) is 29.8 Å². The highest BCUT2D eigenvalue weighted by atomic mass is 16.2. The average molecular weight is 286 g/mol. The summed E-state index contributed by atoms with van der Waals surface area (Å²) in [5.74, 6) is 0.290. The molecule has 1 unspecified atom stereocenters. The number of hydrogen-bond acceptors (Lipinski definition) is 3. The van der Waals surface area contributed by atoms with Crippen LogP contribution < -0.4 is 5.32 Å². The van der Waals surface area contributed by atoms with Crippen molar-refractivity contribution < 1.29 is 9.59 Å². The quantitative estimate of drug-likeness (QED) is 0.867. The van der Waals surface area contributed by atoms with Gasteiger partial charge in [-0.2, -0.15) is 0 Å². The molecule has 1 atom stereocenters. The smallest absolute Gasteiger partial charge is 0.261 e. The minimum Gasteiger partial charge on any atom is -0.382 e. The van der Waals surface area contributed by atoms with Crippen LogP contribution in [-0.2, 0) is 0 Å². The van der Waals surface area contributed by atoms with Crippen LogP contribution >= 0.6 is 0 Å². The predicted octanol–water partition coefficient (Wildman–Crippen LogP) is 3.29. The fourth-order valence-electron chi connectivity index (χ4n) is 3.47. The van der Waals surface area contributed by atoms with Gasteiger partial charge in [0.2, 0.25) is 0 Å². The number of fused-ring (bicyclic) bond motifs is 1. The van der Waals surface area contributed by atoms with Gasteiger partial charge in [0, 0.05) is 18.8 Å². The van der Waals surface area contributed by atoms with E-state index in [1.165, 1.54) is 44.1 Å². The molecule has 3 rings (SSSR count). The Morgan fingerprint density at radius 3 is 2.48 bits per heavy atom. The Labute approximate surface area is 125 Å². The first-order valence-corrected chi connectivity index (χ1v) is 7.81. The summed E-state index contributed by atoms with van der Waals surface area (Å²) in [5.41, 5.74) is 1.96. The summed E-state index contributed by atoms with van der Waals surface area (Å²) in [6, 6.07) is 5.88. The summed E-state index contributed by atoms with van der Waals surface area (Å²) in [6.07, 6.45) is 6.54. The highest BCUT2D eigenvalue weighted by Crippen LogP contribution is 2.29. The van der Waals surface area contributed by atoms with Gasteiger partial charge in [0.25, 0.3) is 11.8 Å². The third-order valence-electron chi connectivity index (χ3n) is 4.84. The van der Waals surface area contributed by atoms with E-state index in [2.05, 4.69) is 12.2 Å². The standard InChI is InChI=1S/C17H22N2O2/c1-11(12-6-4-3-5-7-12)18-13-8-9-14-15(10-13)17(21)19(2)16(14)20/h8-12,18H,3-7H2,1-2H3. The molecule has 2 aliphatic rings. The molecule has 0 aromatic heterocycles. The second-order valence-electron chi connectivity index (χ2n) is 6.26. The molecule has 1 N–H and O–H groups in total. The Morgan fingerprint density at radius 1 is 1.10 bits per heavy atom. The van der Waals surface area contributed by atoms with Crippen molar-refractivity contribution in [3.05, 3.63) is 29.3 Å². The topological polar surface area (TPSA) is 49.4 Å². The van der Waals surface area contributed by atoms with Crippen LogP contribution in [0, 0.1) is 5.92 Å². The van der Waals surface area contributed by atoms with E-state index < -0.39 is 0 Å². The molecular weight excluding hydrogens is 264 g/mol. The molecule has 1 aromatic carbocycles. The highest BCUT2D eigenvalue weighted by Gasteiger charge is 2.32. The van der Waals surface area contributed by atoms with Crippen molar-refractivity contribution in [2.45, 2.75) is 45.1 Å². The zero-order chi connectivity index (χ0) is 15.0. The average Bonchev–Trinajstić information content (AvgIpc) is 2.73. The summed E-state index contributed by atoms with van der Waals surface area (Å²) in [7, 11) is 1.53. The SMILES string of the molecule is CC(Nc1ccc2c(c1)C(=O)N(C)C2=O)C1CCCCC1. The summed E-state index contributed by atoms with van der Waals surface area (Å²) >= 11 is 0. The fraction of sp³-hybridized carbons (Fsp3) is 0.529. The second kappa shape index (κ2) is 5.51. The van der Waals surface area contributed by atoms with E-state index in [-0.39, 0.29) is 11.8 Å². The molecule has 1 aliphatic carbocycles. The molecule has 1 heterocycles. The van der Waals surface area contributed by atoms with Crippen molar-refractivity contribution in [2.75, 3.05) is 12.4 Å². The van der Waals surface area contributed by atoms with E-state index in [1.54, 1.807) is 6.07 Å². The number of benzene rings is 1. The lowest BCUT2D eigenvalue weighted by atomic mass is 9.84. The van der Waals surface area contributed by atoms with Gasteiger partial charge < -0.3 is 5.32 Å². The first-order valence-electron chi connectivity index (χ1n) is 7.81. The molecular formula is C17H22N2O2. The minimum absolute atomic E-state index is 0.205. The Balaban J connectivity index is 1.76. The van der Waals surface area contributed by atoms with Crippen molar-refractivity contribution in [3.63, 3.8) is 0 Å². The summed E-state index contributed by atoms with van der Waals surface area (Å²) < 4.78 is 0. The molecule has 4 heteroatoms. The lowest BCUT2D eigenvalue weighted by Crippen LogP contribution is -2.27. The number of anilines is 1. The first-order chi connectivity index (χ1) is 10.1. The van der Waals surface area contributed by atoms with Gasteiger partial charge in [-0.3, -0.25) is 14.5 Å². The lowest BCUT2D eigenvalue weighted by molar-refractivity contribution is 0.0693. The molecule has 0 saturated heterocycles. The first kappa shape index (κ1) is 14.1. The van der Waals surface area contributed by atoms with Gasteiger partial charge in [-0.05, 0) is 43.9 Å². The number of imide groups is 1. The maximum absolute atomic E-state index is 12.0. The van der Waals surface area contributed by atoms with Crippen LogP contribution in [0.4, 0.5) is 5.69 Å². The van der Waals surface area contributed by atoms with E-state index in [1.807, 2.05) is 12.1 Å². The highest BCUT2D eigenvalue weighted by molar-refractivity contribution is 6.21. The zero-order valence-corrected chi connectivity index (χ0v) is 12.7. The lowest BCUT2D eigenvalue weighted by Gasteiger charge is -2.29. The Hall–Kier alpha value is -1.84. The molecule has 112 valence electrons. The van der Waals surface area contributed by atoms with Gasteiger partial charge in [-0.15, -0.1) is 0 Å². The molecule has 1 aliphatic heterocycles. The van der Waals surface area contributed by atoms with Crippen molar-refractivity contribution in [2.24, 2.45) is 5.92 Å². The molecule has 1 fully saturated rings. The van der Waals surface area contributed by atoms with Crippen molar-refractivity contribution in [3.8, 4) is 0 Å². The molecule has 4 nitrogen and oxygen atoms in total. The molecule has 0 radical (unpaired) electrons. The number of amides is 2. The van der Waals surface area contributed by atoms with Crippen LogP contribution in [0.5, 0.6) is 0 Å². The summed E-state index contributed by atoms with van der Waals surface area (Å²) in [4.78, 5) is 25.1. The third-order valence-corrected chi connectivity index (χ3v) is 4.84. The third kappa shape index (κ3) is 2.55. The van der Waals surface area contributed by atoms with Gasteiger partial charge in [0.1, 0.15) is 0 Å². The summed E-state index contributed by atoms with van der Waals surface area (Å²) in [5, 5.41) is 3.51. The number of carbonyl (C=O) groups is 2. The fourth-order valence-corrected chi connectivity index (χ4v) is 3.47. The van der Waals surface area contributed by atoms with Gasteiger partial charge in [0.05, 0.1) is 11.1 Å². The maximum Gasteiger partial charge on any atom is 0.261 e. The van der Waals surface area contributed by atoms with Crippen LogP contribution in [0.1, 0.15) is 59.7 Å². The van der Waals surface area contributed by atoms with E-state index >= 15 is 0 Å². The molecule has 1 saturated carbocycles.